The van der Waals surface area contributed by atoms with Crippen molar-refractivity contribution in [1.29, 1.82) is 0 Å². The molecule has 2 rings (SSSR count). The van der Waals surface area contributed by atoms with Crippen molar-refractivity contribution in [2.24, 2.45) is 0 Å². The number of ketones is 1. The SMILES string of the molecule is CCCON1CC(=O)C[C@H]1S(=O)N1CCSC1. The van der Waals surface area contributed by atoms with Crippen LogP contribution in [0.4, 0.5) is 0 Å². The van der Waals surface area contributed by atoms with Gasteiger partial charge >= 0.3 is 0 Å². The van der Waals surface area contributed by atoms with Gasteiger partial charge in [-0.15, -0.1) is 11.8 Å². The summed E-state index contributed by atoms with van der Waals surface area (Å²) < 4.78 is 14.2. The number of carbonyl (C=O) groups is 1. The lowest BCUT2D eigenvalue weighted by molar-refractivity contribution is -0.155. The van der Waals surface area contributed by atoms with Gasteiger partial charge in [-0.2, -0.15) is 5.06 Å². The molecule has 2 aliphatic heterocycles. The van der Waals surface area contributed by atoms with Gasteiger partial charge in [-0.3, -0.25) is 9.63 Å². The molecule has 7 heteroatoms. The summed E-state index contributed by atoms with van der Waals surface area (Å²) in [5.41, 5.74) is 0. The lowest BCUT2D eigenvalue weighted by Crippen LogP contribution is -2.40. The molecular formula is C10H18N2O3S2. The minimum absolute atomic E-state index is 0.117. The van der Waals surface area contributed by atoms with Crippen LogP contribution in [0.5, 0.6) is 0 Å². The molecule has 2 fully saturated rings. The molecule has 2 saturated heterocycles. The van der Waals surface area contributed by atoms with Gasteiger partial charge in [-0.05, 0) is 6.42 Å². The normalized spacial score (nSPS) is 29.0. The van der Waals surface area contributed by atoms with Crippen molar-refractivity contribution < 1.29 is 13.8 Å². The van der Waals surface area contributed by atoms with Gasteiger partial charge in [0.15, 0.2) is 5.78 Å². The second kappa shape index (κ2) is 6.29. The molecule has 0 aliphatic carbocycles. The van der Waals surface area contributed by atoms with Crippen LogP contribution in [-0.4, -0.2) is 56.1 Å². The number of nitrogens with zero attached hydrogens (tertiary/aromatic N) is 2. The summed E-state index contributed by atoms with van der Waals surface area (Å²) >= 11 is 1.78. The summed E-state index contributed by atoms with van der Waals surface area (Å²) in [6.45, 7) is 3.71. The van der Waals surface area contributed by atoms with Gasteiger partial charge in [-0.25, -0.2) is 8.51 Å². The molecule has 0 bridgehead atoms. The van der Waals surface area contributed by atoms with E-state index in [1.165, 1.54) is 0 Å². The minimum Gasteiger partial charge on any atom is -0.298 e. The fourth-order valence-corrected chi connectivity index (χ4v) is 4.70. The van der Waals surface area contributed by atoms with Gasteiger partial charge < -0.3 is 0 Å². The topological polar surface area (TPSA) is 49.9 Å². The first kappa shape index (κ1) is 13.5. The third-order valence-corrected chi connectivity index (χ3v) is 5.54. The average molecular weight is 278 g/mol. The number of rotatable bonds is 5. The second-order valence-electron chi connectivity index (χ2n) is 4.12. The van der Waals surface area contributed by atoms with Crippen LogP contribution in [0.15, 0.2) is 0 Å². The van der Waals surface area contributed by atoms with Gasteiger partial charge in [0.25, 0.3) is 0 Å². The van der Waals surface area contributed by atoms with E-state index < -0.39 is 11.0 Å². The Morgan fingerprint density at radius 3 is 3.06 bits per heavy atom. The Balaban J connectivity index is 1.96. The zero-order valence-corrected chi connectivity index (χ0v) is 11.6. The summed E-state index contributed by atoms with van der Waals surface area (Å²) in [7, 11) is -1.13. The molecular weight excluding hydrogens is 260 g/mol. The van der Waals surface area contributed by atoms with Crippen molar-refractivity contribution in [3.8, 4) is 0 Å². The van der Waals surface area contributed by atoms with Gasteiger partial charge in [-0.1, -0.05) is 6.92 Å². The average Bonchev–Trinajstić information content (AvgIpc) is 2.94. The van der Waals surface area contributed by atoms with E-state index in [9.17, 15) is 9.00 Å². The lowest BCUT2D eigenvalue weighted by atomic mass is 10.4. The van der Waals surface area contributed by atoms with E-state index in [1.54, 1.807) is 16.8 Å². The molecule has 0 radical (unpaired) electrons. The van der Waals surface area contributed by atoms with Crippen molar-refractivity contribution >= 4 is 28.5 Å². The van der Waals surface area contributed by atoms with E-state index in [-0.39, 0.29) is 17.7 Å². The Morgan fingerprint density at radius 1 is 1.59 bits per heavy atom. The van der Waals surface area contributed by atoms with Gasteiger partial charge in [0, 0.05) is 18.7 Å². The summed E-state index contributed by atoms with van der Waals surface area (Å²) in [6, 6.07) is 0. The maximum absolute atomic E-state index is 12.3. The molecule has 17 heavy (non-hydrogen) atoms. The van der Waals surface area contributed by atoms with Gasteiger partial charge in [0.2, 0.25) is 0 Å². The Hall–Kier alpha value is 0.0500. The van der Waals surface area contributed by atoms with Crippen LogP contribution in [0.2, 0.25) is 0 Å². The van der Waals surface area contributed by atoms with Crippen molar-refractivity contribution in [3.63, 3.8) is 0 Å². The zero-order valence-electron chi connectivity index (χ0n) is 9.96. The van der Waals surface area contributed by atoms with Crippen LogP contribution in [0.25, 0.3) is 0 Å². The van der Waals surface area contributed by atoms with Crippen LogP contribution in [-0.2, 0) is 20.6 Å². The molecule has 1 unspecified atom stereocenters. The predicted octanol–water partition coefficient (Wildman–Crippen LogP) is 0.599. The van der Waals surface area contributed by atoms with E-state index in [0.717, 1.165) is 24.6 Å². The predicted molar refractivity (Wildman–Crippen MR) is 68.5 cm³/mol. The summed E-state index contributed by atoms with van der Waals surface area (Å²) in [6.07, 6.45) is 1.24. The van der Waals surface area contributed by atoms with Crippen LogP contribution in [0, 0.1) is 0 Å². The Labute approximate surface area is 108 Å². The quantitative estimate of drug-likeness (QED) is 0.737. The van der Waals surface area contributed by atoms with Crippen molar-refractivity contribution in [2.75, 3.05) is 31.3 Å². The summed E-state index contributed by atoms with van der Waals surface area (Å²) in [4.78, 5) is 17.0. The molecule has 0 N–H and O–H groups in total. The molecule has 0 aromatic rings. The molecule has 2 atom stereocenters. The van der Waals surface area contributed by atoms with E-state index in [2.05, 4.69) is 0 Å². The Morgan fingerprint density at radius 2 is 2.41 bits per heavy atom. The fourth-order valence-electron chi connectivity index (χ4n) is 1.86. The van der Waals surface area contributed by atoms with Crippen molar-refractivity contribution in [1.82, 2.24) is 9.37 Å². The highest BCUT2D eigenvalue weighted by molar-refractivity contribution is 8.00. The standard InChI is InChI=1S/C10H18N2O3S2/c1-2-4-15-12-7-9(13)6-10(12)17(14)11-3-5-16-8-11/h10H,2-8H2,1H3/t10-,17?/m1/s1. The molecule has 0 aromatic carbocycles. The number of hydroxylamine groups is 2. The Kier molecular flexibility index (Phi) is 4.98. The lowest BCUT2D eigenvalue weighted by Gasteiger charge is -2.25. The number of thioether (sulfide) groups is 1. The number of hydrogen-bond acceptors (Lipinski definition) is 5. The van der Waals surface area contributed by atoms with Crippen molar-refractivity contribution in [2.45, 2.75) is 25.1 Å². The highest BCUT2D eigenvalue weighted by Crippen LogP contribution is 2.24. The van der Waals surface area contributed by atoms with Crippen LogP contribution in [0.3, 0.4) is 0 Å². The first-order chi connectivity index (χ1) is 8.22. The van der Waals surface area contributed by atoms with E-state index in [1.807, 2.05) is 11.2 Å². The van der Waals surface area contributed by atoms with Gasteiger partial charge in [0.1, 0.15) is 16.4 Å². The van der Waals surface area contributed by atoms with Crippen LogP contribution < -0.4 is 0 Å². The number of carbonyl (C=O) groups excluding carboxylic acids is 1. The Bertz CT molecular complexity index is 308. The maximum Gasteiger partial charge on any atom is 0.151 e. The molecule has 98 valence electrons. The van der Waals surface area contributed by atoms with E-state index in [0.29, 0.717) is 13.0 Å². The molecule has 2 aliphatic rings. The zero-order chi connectivity index (χ0) is 12.3. The summed E-state index contributed by atoms with van der Waals surface area (Å²) in [5.74, 6) is 1.92. The van der Waals surface area contributed by atoms with E-state index in [4.69, 9.17) is 4.84 Å². The molecule has 0 spiro atoms. The smallest absolute Gasteiger partial charge is 0.151 e. The van der Waals surface area contributed by atoms with Crippen LogP contribution in [0.1, 0.15) is 19.8 Å². The largest absolute Gasteiger partial charge is 0.298 e. The highest BCUT2D eigenvalue weighted by atomic mass is 32.2. The first-order valence-corrected chi connectivity index (χ1v) is 8.19. The van der Waals surface area contributed by atoms with E-state index >= 15 is 0 Å². The van der Waals surface area contributed by atoms with Crippen molar-refractivity contribution in [3.05, 3.63) is 0 Å². The second-order valence-corrected chi connectivity index (χ2v) is 6.81. The monoisotopic (exact) mass is 278 g/mol. The van der Waals surface area contributed by atoms with Gasteiger partial charge in [0.05, 0.1) is 19.0 Å². The van der Waals surface area contributed by atoms with Crippen LogP contribution >= 0.6 is 11.8 Å². The number of Topliss-reactive ketones (excluding diaryl/α,β-unsaturated/α-hetero) is 1. The third-order valence-electron chi connectivity index (χ3n) is 2.72. The maximum atomic E-state index is 12.3. The summed E-state index contributed by atoms with van der Waals surface area (Å²) in [5, 5.41) is 1.33. The molecule has 0 amide bonds. The molecule has 0 aromatic heterocycles. The fraction of sp³-hybridized carbons (Fsp3) is 0.900. The molecule has 0 saturated carbocycles. The number of hydrogen-bond donors (Lipinski definition) is 0. The molecule has 5 nitrogen and oxygen atoms in total. The third kappa shape index (κ3) is 3.29. The first-order valence-electron chi connectivity index (χ1n) is 5.87. The molecule has 2 heterocycles. The minimum atomic E-state index is -1.13. The highest BCUT2D eigenvalue weighted by Gasteiger charge is 2.38.